The van der Waals surface area contributed by atoms with Gasteiger partial charge in [-0.05, 0) is 0 Å². The predicted molar refractivity (Wildman–Crippen MR) is 15.7 cm³/mol. The summed E-state index contributed by atoms with van der Waals surface area (Å²) in [4.78, 5) is 0. The molecule has 1 nitrogen and oxygen atoms in total. The molecule has 2 N–H and O–H groups in total. The fourth-order valence-corrected chi connectivity index (χ4v) is 0. The zero-order chi connectivity index (χ0) is 2.71. The van der Waals surface area contributed by atoms with Crippen LogP contribution in [0.1, 0.15) is 0 Å². The largest absolute Gasteiger partial charge is 0 e. The fraction of sp³-hybridized carbons (Fsp3) is 0. The molecule has 0 amide bonds. The molecule has 0 aliphatic heterocycles. The molecule has 0 rings (SSSR count). The predicted octanol–water partition coefficient (Wildman–Crippen LogP) is -1.35. The SMILES string of the molecule is N[Se][Se].[Re]. The fourth-order valence-electron chi connectivity index (χ4n) is 0. The molecule has 0 unspecified atom stereocenters. The van der Waals surface area contributed by atoms with Gasteiger partial charge in [0.25, 0.3) is 0 Å². The molecule has 0 fully saturated rings. The Morgan fingerprint density at radius 1 is 1.75 bits per heavy atom. The van der Waals surface area contributed by atoms with Crippen LogP contribution < -0.4 is 4.75 Å². The molecule has 0 aliphatic carbocycles. The third-order valence-electron chi connectivity index (χ3n) is 0. The molecule has 0 aromatic carbocycles. The Bertz CT molecular complexity index is 6.00. The molecule has 0 aromatic heterocycles. The van der Waals surface area contributed by atoms with Gasteiger partial charge in [0.1, 0.15) is 0 Å². The summed E-state index contributed by atoms with van der Waals surface area (Å²) < 4.78 is 4.85. The molecule has 2 radical (unpaired) electrons. The molecule has 4 heavy (non-hydrogen) atoms. The van der Waals surface area contributed by atoms with Crippen LogP contribution in [0.25, 0.3) is 0 Å². The summed E-state index contributed by atoms with van der Waals surface area (Å²) in [6.45, 7) is 0. The number of hydrogen-bond acceptors (Lipinski definition) is 1. The summed E-state index contributed by atoms with van der Waals surface area (Å²) >= 11 is 2.90. The van der Waals surface area contributed by atoms with Crippen molar-refractivity contribution in [3.63, 3.8) is 0 Å². The van der Waals surface area contributed by atoms with E-state index in [0.717, 1.165) is 0 Å². The van der Waals surface area contributed by atoms with Crippen LogP contribution in [0.4, 0.5) is 0 Å². The summed E-state index contributed by atoms with van der Waals surface area (Å²) in [6, 6.07) is 0. The summed E-state index contributed by atoms with van der Waals surface area (Å²) in [5.74, 6) is 0. The smallest absolute Gasteiger partial charge is 0 e. The molecular formula is H2NReSe2. The van der Waals surface area contributed by atoms with E-state index in [9.17, 15) is 0 Å². The van der Waals surface area contributed by atoms with Gasteiger partial charge >= 0.3 is 32.3 Å². The Morgan fingerprint density at radius 2 is 1.75 bits per heavy atom. The average molecular weight is 360 g/mol. The van der Waals surface area contributed by atoms with Crippen LogP contribution in [0.2, 0.25) is 0 Å². The van der Waals surface area contributed by atoms with Crippen molar-refractivity contribution in [3.8, 4) is 0 Å². The Labute approximate surface area is 52.5 Å². The van der Waals surface area contributed by atoms with Gasteiger partial charge in [0.05, 0.1) is 0 Å². The first-order chi connectivity index (χ1) is 1.41. The molecule has 0 saturated heterocycles. The second-order valence-electron chi connectivity index (χ2n) is 0.0962. The van der Waals surface area contributed by atoms with Crippen molar-refractivity contribution in [1.82, 2.24) is 0 Å². The van der Waals surface area contributed by atoms with Gasteiger partial charge < -0.3 is 0 Å². The Morgan fingerprint density at radius 3 is 1.75 bits per heavy atom. The van der Waals surface area contributed by atoms with Crippen LogP contribution in [0.3, 0.4) is 0 Å². The maximum Gasteiger partial charge on any atom is 0 e. The van der Waals surface area contributed by atoms with Gasteiger partial charge in [0.2, 0.25) is 0 Å². The van der Waals surface area contributed by atoms with Crippen molar-refractivity contribution < 1.29 is 20.4 Å². The molecule has 4 heteroatoms. The number of rotatable bonds is 0. The van der Waals surface area contributed by atoms with E-state index < -0.39 is 0 Å². The Balaban J connectivity index is 0. The molecule has 0 aromatic rings. The van der Waals surface area contributed by atoms with Crippen LogP contribution in [0.15, 0.2) is 0 Å². The first-order valence-corrected chi connectivity index (χ1v) is 5.72. The molecule has 0 saturated carbocycles. The second kappa shape index (κ2) is 8.82. The minimum absolute atomic E-state index is 0. The van der Waals surface area contributed by atoms with Gasteiger partial charge in [-0.2, -0.15) is 0 Å². The standard InChI is InChI=1S/H2NSe2.Re/c1-3-2;/h1H2;. The maximum atomic E-state index is 4.85. The van der Waals surface area contributed by atoms with E-state index in [0.29, 0.717) is 0 Å². The van der Waals surface area contributed by atoms with Gasteiger partial charge in [0, 0.05) is 20.4 Å². The summed E-state index contributed by atoms with van der Waals surface area (Å²) in [7, 11) is 0. The topological polar surface area (TPSA) is 26.0 Å². The zero-order valence-electron chi connectivity index (χ0n) is 1.77. The van der Waals surface area contributed by atoms with Gasteiger partial charge in [-0.25, -0.2) is 0 Å². The third kappa shape index (κ3) is 9.40. The van der Waals surface area contributed by atoms with E-state index in [2.05, 4.69) is 14.2 Å². The summed E-state index contributed by atoms with van der Waals surface area (Å²) in [5.41, 5.74) is 0. The van der Waals surface area contributed by atoms with Gasteiger partial charge in [0.15, 0.2) is 0 Å². The van der Waals surface area contributed by atoms with Crippen molar-refractivity contribution in [1.29, 1.82) is 0 Å². The Hall–Kier alpha value is 1.66. The molecule has 0 spiro atoms. The van der Waals surface area contributed by atoms with Crippen molar-refractivity contribution >= 4 is 27.5 Å². The van der Waals surface area contributed by atoms with Crippen LogP contribution in [-0.4, -0.2) is 27.5 Å². The maximum absolute atomic E-state index is 4.85. The third-order valence-corrected chi connectivity index (χ3v) is 0. The summed E-state index contributed by atoms with van der Waals surface area (Å²) in [6.07, 6.45) is 0. The molecule has 0 atom stereocenters. The number of hydrogen-bond donors (Lipinski definition) is 1. The van der Waals surface area contributed by atoms with Crippen molar-refractivity contribution in [2.75, 3.05) is 0 Å². The molecular weight excluding hydrogens is 358 g/mol. The normalized spacial score (nSPS) is 4.50. The van der Waals surface area contributed by atoms with E-state index in [1.54, 1.807) is 0 Å². The van der Waals surface area contributed by atoms with Crippen LogP contribution in [0, 0.1) is 0 Å². The zero-order valence-corrected chi connectivity index (χ0v) is 7.91. The minimum atomic E-state index is 0. The van der Waals surface area contributed by atoms with E-state index in [1.807, 2.05) is 0 Å². The molecule has 0 aliphatic rings. The second-order valence-corrected chi connectivity index (χ2v) is 2.60. The van der Waals surface area contributed by atoms with Crippen LogP contribution in [-0.2, 0) is 20.4 Å². The van der Waals surface area contributed by atoms with E-state index in [1.165, 1.54) is 0 Å². The minimum Gasteiger partial charge on any atom is 0 e. The molecule has 0 heterocycles. The quantitative estimate of drug-likeness (QED) is 0.531. The first-order valence-electron chi connectivity index (χ1n) is 0.402. The molecule has 26 valence electrons. The van der Waals surface area contributed by atoms with Crippen LogP contribution in [0.5, 0.6) is 0 Å². The van der Waals surface area contributed by atoms with Crippen molar-refractivity contribution in [3.05, 3.63) is 0 Å². The summed E-state index contributed by atoms with van der Waals surface area (Å²) in [5, 5.41) is 0. The number of nitrogens with two attached hydrogens (primary N) is 1. The van der Waals surface area contributed by atoms with Crippen molar-refractivity contribution in [2.45, 2.75) is 0 Å². The molecule has 0 bridgehead atoms. The van der Waals surface area contributed by atoms with Gasteiger partial charge in [-0.3, -0.25) is 0 Å². The van der Waals surface area contributed by atoms with Gasteiger partial charge in [-0.15, -0.1) is 0 Å². The van der Waals surface area contributed by atoms with Gasteiger partial charge in [-0.1, -0.05) is 0 Å². The van der Waals surface area contributed by atoms with E-state index in [-0.39, 0.29) is 33.8 Å². The average Bonchev–Trinajstić information content (AvgIpc) is 0.918. The first kappa shape index (κ1) is 9.18. The van der Waals surface area contributed by atoms with E-state index >= 15 is 0 Å². The Kier molecular flexibility index (Phi) is 20.2. The monoisotopic (exact) mass is 363 g/mol. The van der Waals surface area contributed by atoms with Crippen molar-refractivity contribution in [2.24, 2.45) is 4.75 Å². The van der Waals surface area contributed by atoms with E-state index in [4.69, 9.17) is 4.75 Å². The van der Waals surface area contributed by atoms with Crippen LogP contribution >= 0.6 is 0 Å².